The van der Waals surface area contributed by atoms with E-state index >= 15 is 4.39 Å². The zero-order chi connectivity index (χ0) is 31.9. The fourth-order valence-electron chi connectivity index (χ4n) is 5.57. The Morgan fingerprint density at radius 2 is 1.22 bits per heavy atom. The second-order valence-electron chi connectivity index (χ2n) is 11.7. The smallest absolute Gasteiger partial charge is 0.163 e. The molecular weight excluding hydrogens is 735 g/mol. The van der Waals surface area contributed by atoms with Crippen LogP contribution in [0.15, 0.2) is 50.0 Å². The Morgan fingerprint density at radius 3 is 1.69 bits per heavy atom. The van der Waals surface area contributed by atoms with Crippen molar-refractivity contribution < 1.29 is 13.9 Å². The number of fused-ring (bicyclic) bond motifs is 2. The molecule has 0 N–H and O–H groups in total. The Balaban J connectivity index is 1.65. The lowest BCUT2D eigenvalue weighted by Crippen LogP contribution is -2.14. The largest absolute Gasteiger partial charge is 0.489 e. The number of ether oxygens (including phenoxy) is 2. The highest BCUT2D eigenvalue weighted by Crippen LogP contribution is 2.43. The fourth-order valence-corrected chi connectivity index (χ4v) is 8.41. The Morgan fingerprint density at radius 1 is 0.711 bits per heavy atom. The van der Waals surface area contributed by atoms with Crippen LogP contribution in [0.2, 0.25) is 0 Å². The predicted molar refractivity (Wildman–Crippen MR) is 197 cm³/mol. The van der Waals surface area contributed by atoms with Crippen molar-refractivity contribution in [1.29, 1.82) is 0 Å². The molecule has 2 unspecified atom stereocenters. The molecule has 45 heavy (non-hydrogen) atoms. The summed E-state index contributed by atoms with van der Waals surface area (Å²) in [6.45, 7) is 10.2. The van der Waals surface area contributed by atoms with Crippen molar-refractivity contribution in [2.24, 2.45) is 11.8 Å². The summed E-state index contributed by atoms with van der Waals surface area (Å²) < 4.78 is 31.0. The summed E-state index contributed by atoms with van der Waals surface area (Å²) >= 11 is 10.2. The number of unbranched alkanes of at least 4 members (excludes halogenated alkanes) is 2. The van der Waals surface area contributed by atoms with Crippen LogP contribution in [0, 0.1) is 17.7 Å². The van der Waals surface area contributed by atoms with Gasteiger partial charge in [-0.05, 0) is 86.9 Å². The van der Waals surface area contributed by atoms with Gasteiger partial charge in [-0.3, -0.25) is 0 Å². The molecule has 0 radical (unpaired) electrons. The number of aromatic nitrogens is 2. The van der Waals surface area contributed by atoms with Gasteiger partial charge in [0.1, 0.15) is 11.3 Å². The minimum atomic E-state index is -0.319. The van der Waals surface area contributed by atoms with Crippen molar-refractivity contribution >= 4 is 76.6 Å². The van der Waals surface area contributed by atoms with Gasteiger partial charge in [0.15, 0.2) is 11.5 Å². The molecule has 3 heterocycles. The molecule has 2 aromatic carbocycles. The molecule has 0 saturated carbocycles. The van der Waals surface area contributed by atoms with E-state index in [0.717, 1.165) is 48.6 Å². The van der Waals surface area contributed by atoms with Gasteiger partial charge in [-0.25, -0.2) is 14.4 Å². The van der Waals surface area contributed by atoms with E-state index in [9.17, 15) is 0 Å². The van der Waals surface area contributed by atoms with Crippen LogP contribution in [-0.4, -0.2) is 23.2 Å². The Bertz CT molecular complexity index is 1740. The fraction of sp³-hybridized carbons (Fsp3) is 0.444. The van der Waals surface area contributed by atoms with Gasteiger partial charge in [0.25, 0.3) is 0 Å². The molecule has 5 rings (SSSR count). The van der Waals surface area contributed by atoms with E-state index < -0.39 is 0 Å². The van der Waals surface area contributed by atoms with Crippen LogP contribution in [-0.2, 0) is 0 Å². The van der Waals surface area contributed by atoms with Crippen LogP contribution in [0.1, 0.15) is 79.1 Å². The first-order valence-electron chi connectivity index (χ1n) is 16.1. The number of thiophene rings is 2. The maximum atomic E-state index is 16.0. The molecule has 0 amide bonds. The van der Waals surface area contributed by atoms with Crippen LogP contribution < -0.4 is 9.47 Å². The maximum Gasteiger partial charge on any atom is 0.163 e. The number of halogens is 3. The van der Waals surface area contributed by atoms with Crippen molar-refractivity contribution in [3.05, 3.63) is 55.9 Å². The first-order valence-corrected chi connectivity index (χ1v) is 19.3. The van der Waals surface area contributed by atoms with Gasteiger partial charge < -0.3 is 9.47 Å². The molecule has 0 fully saturated rings. The number of benzene rings is 2. The average molecular weight is 777 g/mol. The lowest BCUT2D eigenvalue weighted by atomic mass is 10.0. The topological polar surface area (TPSA) is 44.2 Å². The molecule has 3 aromatic heterocycles. The molecule has 2 atom stereocenters. The summed E-state index contributed by atoms with van der Waals surface area (Å²) in [6, 6.07) is 13.3. The highest BCUT2D eigenvalue weighted by molar-refractivity contribution is 9.11. The highest BCUT2D eigenvalue weighted by Gasteiger charge is 2.22. The van der Waals surface area contributed by atoms with Crippen molar-refractivity contribution in [2.45, 2.75) is 79.1 Å². The third-order valence-electron chi connectivity index (χ3n) is 8.43. The Labute approximate surface area is 291 Å². The average Bonchev–Trinajstić information content (AvgIpc) is 3.67. The van der Waals surface area contributed by atoms with Crippen molar-refractivity contribution in [1.82, 2.24) is 9.97 Å². The molecule has 5 aromatic rings. The molecule has 4 nitrogen and oxygen atoms in total. The van der Waals surface area contributed by atoms with Crippen molar-refractivity contribution in [3.8, 4) is 32.4 Å². The van der Waals surface area contributed by atoms with Crippen LogP contribution in [0.3, 0.4) is 0 Å². The third-order valence-corrected chi connectivity index (χ3v) is 11.7. The molecule has 0 aliphatic heterocycles. The lowest BCUT2D eigenvalue weighted by Gasteiger charge is -2.20. The molecule has 0 aliphatic rings. The van der Waals surface area contributed by atoms with E-state index in [1.54, 1.807) is 17.4 Å². The summed E-state index contributed by atoms with van der Waals surface area (Å²) in [7, 11) is 0. The zero-order valence-corrected chi connectivity index (χ0v) is 31.2. The first kappa shape index (κ1) is 34.3. The van der Waals surface area contributed by atoms with E-state index in [1.165, 1.54) is 37.0 Å². The van der Waals surface area contributed by atoms with E-state index in [-0.39, 0.29) is 5.82 Å². The summed E-state index contributed by atoms with van der Waals surface area (Å²) in [6.07, 6.45) is 9.13. The van der Waals surface area contributed by atoms with E-state index in [2.05, 4.69) is 59.6 Å². The monoisotopic (exact) mass is 774 g/mol. The summed E-state index contributed by atoms with van der Waals surface area (Å²) in [5.74, 6) is 2.00. The minimum absolute atomic E-state index is 0.319. The number of nitrogens with zero attached hydrogens (tertiary/aromatic N) is 2. The predicted octanol–water partition coefficient (Wildman–Crippen LogP) is 13.1. The molecule has 0 bridgehead atoms. The minimum Gasteiger partial charge on any atom is -0.489 e. The van der Waals surface area contributed by atoms with Crippen LogP contribution >= 0.6 is 54.5 Å². The van der Waals surface area contributed by atoms with Crippen LogP contribution in [0.5, 0.6) is 11.5 Å². The lowest BCUT2D eigenvalue weighted by molar-refractivity contribution is 0.199. The Hall–Kier alpha value is -2.07. The van der Waals surface area contributed by atoms with Crippen molar-refractivity contribution in [2.75, 3.05) is 13.2 Å². The molecule has 0 aliphatic carbocycles. The second kappa shape index (κ2) is 16.2. The van der Waals surface area contributed by atoms with E-state index in [0.29, 0.717) is 64.2 Å². The molecular formula is C36H41Br2FN2O2S2. The number of hydrogen-bond acceptors (Lipinski definition) is 6. The van der Waals surface area contributed by atoms with Crippen LogP contribution in [0.25, 0.3) is 42.9 Å². The standard InChI is InChI=1S/C36H41Br2FN2O2S2/c1-5-9-11-22(7-3)20-42-28-18-26-27(19-29(28)43-21-23(8-4)12-10-6-2)41-36-34(31-14-16-33(38)45-31)25(39)17-24(35(36)40-26)30-13-15-32(37)44-30/h13-19,22-23H,5-12,20-21H2,1-4H3. The first-order chi connectivity index (χ1) is 21.8. The van der Waals surface area contributed by atoms with E-state index in [4.69, 9.17) is 19.4 Å². The highest BCUT2D eigenvalue weighted by atomic mass is 79.9. The van der Waals surface area contributed by atoms with Crippen LogP contribution in [0.4, 0.5) is 4.39 Å². The van der Waals surface area contributed by atoms with Gasteiger partial charge in [-0.15, -0.1) is 22.7 Å². The molecule has 0 spiro atoms. The van der Waals surface area contributed by atoms with Gasteiger partial charge in [0.2, 0.25) is 0 Å². The number of hydrogen-bond donors (Lipinski definition) is 0. The van der Waals surface area contributed by atoms with Gasteiger partial charge in [0.05, 0.1) is 42.9 Å². The Kier molecular flexibility index (Phi) is 12.3. The molecule has 0 saturated heterocycles. The quantitative estimate of drug-likeness (QED) is 0.0936. The van der Waals surface area contributed by atoms with Gasteiger partial charge >= 0.3 is 0 Å². The number of rotatable bonds is 16. The zero-order valence-electron chi connectivity index (χ0n) is 26.4. The molecule has 9 heteroatoms. The summed E-state index contributed by atoms with van der Waals surface area (Å²) in [5, 5.41) is 0. The SMILES string of the molecule is CCCCC(CC)COc1cc2nc3c(-c4ccc(Br)s4)cc(F)c(-c4ccc(Br)s4)c3nc2cc1OCC(CC)CCCC. The van der Waals surface area contributed by atoms with Gasteiger partial charge in [-0.2, -0.15) is 0 Å². The normalized spacial score (nSPS) is 13.0. The van der Waals surface area contributed by atoms with Gasteiger partial charge in [-0.1, -0.05) is 66.2 Å². The van der Waals surface area contributed by atoms with Gasteiger partial charge in [0, 0.05) is 27.5 Å². The summed E-state index contributed by atoms with van der Waals surface area (Å²) in [5.41, 5.74) is 3.75. The van der Waals surface area contributed by atoms with Crippen molar-refractivity contribution in [3.63, 3.8) is 0 Å². The molecule has 240 valence electrons. The second-order valence-corrected chi connectivity index (χ2v) is 16.6. The summed E-state index contributed by atoms with van der Waals surface area (Å²) in [4.78, 5) is 12.0. The van der Waals surface area contributed by atoms with E-state index in [1.807, 2.05) is 36.4 Å². The third kappa shape index (κ3) is 8.27. The maximum absolute atomic E-state index is 16.0.